The van der Waals surface area contributed by atoms with E-state index < -0.39 is 22.0 Å². The largest absolute Gasteiger partial charge is 0.366 e. The number of hydrogen-bond donors (Lipinski definition) is 3. The predicted molar refractivity (Wildman–Crippen MR) is 131 cm³/mol. The Morgan fingerprint density at radius 2 is 1.65 bits per heavy atom. The Morgan fingerprint density at radius 1 is 0.941 bits per heavy atom. The highest BCUT2D eigenvalue weighted by atomic mass is 32.2. The van der Waals surface area contributed by atoms with Crippen LogP contribution in [0, 0.1) is 10.1 Å². The van der Waals surface area contributed by atoms with Crippen molar-refractivity contribution in [3.8, 4) is 0 Å². The number of carbonyl (C=O) groups is 3. The third-order valence-electron chi connectivity index (χ3n) is 4.79. The van der Waals surface area contributed by atoms with Gasteiger partial charge < -0.3 is 16.4 Å². The van der Waals surface area contributed by atoms with Crippen LogP contribution in [0.5, 0.6) is 0 Å². The highest BCUT2D eigenvalue weighted by Crippen LogP contribution is 2.29. The molecule has 3 rings (SSSR count). The molecule has 4 N–H and O–H groups in total. The molecule has 0 aromatic heterocycles. The lowest BCUT2D eigenvalue weighted by Gasteiger charge is -2.15. The highest BCUT2D eigenvalue weighted by Gasteiger charge is 2.19. The second kappa shape index (κ2) is 11.1. The highest BCUT2D eigenvalue weighted by molar-refractivity contribution is 8.00. The molecule has 10 heteroatoms. The van der Waals surface area contributed by atoms with Gasteiger partial charge in [0.05, 0.1) is 10.2 Å². The first-order chi connectivity index (χ1) is 16.3. The van der Waals surface area contributed by atoms with Gasteiger partial charge in [-0.3, -0.25) is 24.5 Å². The van der Waals surface area contributed by atoms with Crippen molar-refractivity contribution < 1.29 is 19.3 Å². The minimum Gasteiger partial charge on any atom is -0.366 e. The van der Waals surface area contributed by atoms with E-state index in [0.29, 0.717) is 23.4 Å². The number of anilines is 2. The molecule has 174 valence electrons. The maximum Gasteiger partial charge on any atom is 0.270 e. The van der Waals surface area contributed by atoms with Gasteiger partial charge >= 0.3 is 0 Å². The Bertz CT molecular complexity index is 1230. The van der Waals surface area contributed by atoms with E-state index in [2.05, 4.69) is 10.6 Å². The van der Waals surface area contributed by atoms with E-state index in [-0.39, 0.29) is 17.2 Å². The van der Waals surface area contributed by atoms with Crippen molar-refractivity contribution in [2.24, 2.45) is 5.73 Å². The Balaban J connectivity index is 1.66. The van der Waals surface area contributed by atoms with Crippen molar-refractivity contribution in [3.05, 3.63) is 94.0 Å². The SMILES string of the molecule is CCC(Sc1cccc(NC(=O)c2cccc([N+](=O)[O-])c2)c1)C(=O)Nc1ccc(C(N)=O)cc1. The molecule has 0 fully saturated rings. The second-order valence-electron chi connectivity index (χ2n) is 7.23. The maximum absolute atomic E-state index is 12.8. The number of amides is 3. The Hall–Kier alpha value is -4.18. The molecule has 0 aliphatic carbocycles. The smallest absolute Gasteiger partial charge is 0.270 e. The number of nitrogens with one attached hydrogen (secondary N) is 2. The number of benzene rings is 3. The van der Waals surface area contributed by atoms with Gasteiger partial charge in [0.25, 0.3) is 11.6 Å². The van der Waals surface area contributed by atoms with Crippen LogP contribution in [0.15, 0.2) is 77.7 Å². The Kier molecular flexibility index (Phi) is 7.99. The molecule has 3 aromatic carbocycles. The summed E-state index contributed by atoms with van der Waals surface area (Å²) < 4.78 is 0. The van der Waals surface area contributed by atoms with Crippen LogP contribution in [0.25, 0.3) is 0 Å². The van der Waals surface area contributed by atoms with Crippen molar-refractivity contribution in [2.75, 3.05) is 10.6 Å². The van der Waals surface area contributed by atoms with Crippen molar-refractivity contribution in [1.82, 2.24) is 0 Å². The van der Waals surface area contributed by atoms with E-state index in [0.717, 1.165) is 4.90 Å². The van der Waals surface area contributed by atoms with Crippen LogP contribution in [0.1, 0.15) is 34.1 Å². The molecule has 0 spiro atoms. The number of nitrogens with zero attached hydrogens (tertiary/aromatic N) is 1. The first-order valence-electron chi connectivity index (χ1n) is 10.3. The van der Waals surface area contributed by atoms with E-state index in [1.54, 1.807) is 42.5 Å². The van der Waals surface area contributed by atoms with Gasteiger partial charge in [0.1, 0.15) is 0 Å². The zero-order chi connectivity index (χ0) is 24.7. The van der Waals surface area contributed by atoms with Gasteiger partial charge in [-0.2, -0.15) is 0 Å². The van der Waals surface area contributed by atoms with Gasteiger partial charge in [-0.25, -0.2) is 0 Å². The summed E-state index contributed by atoms with van der Waals surface area (Å²) in [6.45, 7) is 1.89. The van der Waals surface area contributed by atoms with Gasteiger partial charge in [-0.05, 0) is 55.0 Å². The molecule has 0 heterocycles. The van der Waals surface area contributed by atoms with E-state index >= 15 is 0 Å². The molecule has 1 unspecified atom stereocenters. The van der Waals surface area contributed by atoms with E-state index in [1.807, 2.05) is 13.0 Å². The Labute approximate surface area is 199 Å². The zero-order valence-electron chi connectivity index (χ0n) is 18.2. The fourth-order valence-corrected chi connectivity index (χ4v) is 4.05. The number of primary amides is 1. The van der Waals surface area contributed by atoms with E-state index in [9.17, 15) is 24.5 Å². The fraction of sp³-hybridized carbons (Fsp3) is 0.125. The van der Waals surface area contributed by atoms with Gasteiger partial charge in [0, 0.05) is 39.5 Å². The molecule has 0 aliphatic rings. The monoisotopic (exact) mass is 478 g/mol. The molecule has 9 nitrogen and oxygen atoms in total. The predicted octanol–water partition coefficient (Wildman–Crippen LogP) is 4.46. The number of nitro groups is 1. The fourth-order valence-electron chi connectivity index (χ4n) is 3.04. The van der Waals surface area contributed by atoms with Crippen LogP contribution in [-0.4, -0.2) is 27.9 Å². The molecule has 3 aromatic rings. The van der Waals surface area contributed by atoms with Crippen LogP contribution in [0.3, 0.4) is 0 Å². The minimum absolute atomic E-state index is 0.167. The van der Waals surface area contributed by atoms with Crippen LogP contribution in [0.4, 0.5) is 17.1 Å². The average molecular weight is 479 g/mol. The number of thioether (sulfide) groups is 1. The second-order valence-corrected chi connectivity index (χ2v) is 8.51. The molecular formula is C24H22N4O5S. The van der Waals surface area contributed by atoms with Gasteiger partial charge in [0.15, 0.2) is 0 Å². The van der Waals surface area contributed by atoms with Gasteiger partial charge in [-0.1, -0.05) is 19.1 Å². The molecule has 0 saturated heterocycles. The summed E-state index contributed by atoms with van der Waals surface area (Å²) in [5, 5.41) is 16.1. The van der Waals surface area contributed by atoms with E-state index in [4.69, 9.17) is 5.73 Å². The standard InChI is InChI=1S/C24H22N4O5S/c1-2-21(24(31)26-17-11-9-15(10-12-17)22(25)29)34-20-8-4-6-18(14-20)27-23(30)16-5-3-7-19(13-16)28(32)33/h3-14,21H,2H2,1H3,(H2,25,29)(H,26,31)(H,27,30). The number of nitro benzene ring substituents is 1. The molecule has 34 heavy (non-hydrogen) atoms. The van der Waals surface area contributed by atoms with Gasteiger partial charge in [0.2, 0.25) is 11.8 Å². The molecule has 3 amide bonds. The number of rotatable bonds is 9. The van der Waals surface area contributed by atoms with Crippen LogP contribution < -0.4 is 16.4 Å². The summed E-state index contributed by atoms with van der Waals surface area (Å²) >= 11 is 1.34. The van der Waals surface area contributed by atoms with Crippen molar-refractivity contribution >= 4 is 46.5 Å². The van der Waals surface area contributed by atoms with Gasteiger partial charge in [-0.15, -0.1) is 11.8 Å². The third kappa shape index (κ3) is 6.42. The lowest BCUT2D eigenvalue weighted by molar-refractivity contribution is -0.384. The number of carbonyl (C=O) groups excluding carboxylic acids is 3. The lowest BCUT2D eigenvalue weighted by atomic mass is 10.2. The van der Waals surface area contributed by atoms with Crippen molar-refractivity contribution in [2.45, 2.75) is 23.5 Å². The minimum atomic E-state index is -0.559. The van der Waals surface area contributed by atoms with Crippen molar-refractivity contribution in [3.63, 3.8) is 0 Å². The van der Waals surface area contributed by atoms with E-state index in [1.165, 1.54) is 36.0 Å². The Morgan fingerprint density at radius 3 is 2.29 bits per heavy atom. The normalized spacial score (nSPS) is 11.3. The van der Waals surface area contributed by atoms with Crippen molar-refractivity contribution in [1.29, 1.82) is 0 Å². The lowest BCUT2D eigenvalue weighted by Crippen LogP contribution is -2.24. The molecule has 0 saturated carbocycles. The van der Waals surface area contributed by atoms with Crippen LogP contribution in [0.2, 0.25) is 0 Å². The number of hydrogen-bond acceptors (Lipinski definition) is 6. The quantitative estimate of drug-likeness (QED) is 0.235. The first-order valence-corrected chi connectivity index (χ1v) is 11.2. The summed E-state index contributed by atoms with van der Waals surface area (Å²) in [4.78, 5) is 47.6. The molecule has 1 atom stereocenters. The first kappa shape index (κ1) is 24.5. The summed E-state index contributed by atoms with van der Waals surface area (Å²) in [6, 6.07) is 18.8. The summed E-state index contributed by atoms with van der Waals surface area (Å²) in [7, 11) is 0. The number of nitrogens with two attached hydrogens (primary N) is 1. The summed E-state index contributed by atoms with van der Waals surface area (Å²) in [6.07, 6.45) is 0.556. The summed E-state index contributed by atoms with van der Waals surface area (Å²) in [5.41, 5.74) is 6.63. The van der Waals surface area contributed by atoms with Crippen LogP contribution in [-0.2, 0) is 4.79 Å². The average Bonchev–Trinajstić information content (AvgIpc) is 2.83. The third-order valence-corrected chi connectivity index (χ3v) is 6.15. The number of non-ortho nitro benzene ring substituents is 1. The molecule has 0 bridgehead atoms. The zero-order valence-corrected chi connectivity index (χ0v) is 19.0. The summed E-state index contributed by atoms with van der Waals surface area (Å²) in [5.74, 6) is -1.22. The van der Waals surface area contributed by atoms with Crippen LogP contribution >= 0.6 is 11.8 Å². The maximum atomic E-state index is 12.8. The molecular weight excluding hydrogens is 456 g/mol. The molecule has 0 aliphatic heterocycles. The molecule has 0 radical (unpaired) electrons. The topological polar surface area (TPSA) is 144 Å².